The van der Waals surface area contributed by atoms with Crippen LogP contribution in [0.5, 0.6) is 5.75 Å². The molecule has 0 saturated carbocycles. The molecule has 3 aromatic heterocycles. The molecular formula is C24H20N4O2. The summed E-state index contributed by atoms with van der Waals surface area (Å²) in [5.74, 6) is 1.34. The van der Waals surface area contributed by atoms with Gasteiger partial charge in [-0.15, -0.1) is 0 Å². The maximum absolute atomic E-state index is 13.0. The van der Waals surface area contributed by atoms with E-state index in [0.29, 0.717) is 5.82 Å². The number of fused-ring (bicyclic) bond motifs is 2. The number of nitrogens with one attached hydrogen (secondary N) is 1. The van der Waals surface area contributed by atoms with E-state index in [9.17, 15) is 4.79 Å². The summed E-state index contributed by atoms with van der Waals surface area (Å²) in [6.45, 7) is 0.199. The lowest BCUT2D eigenvalue weighted by Gasteiger charge is -2.10. The number of imidazole rings is 1. The second-order valence-corrected chi connectivity index (χ2v) is 7.02. The fourth-order valence-corrected chi connectivity index (χ4v) is 3.68. The Hall–Kier alpha value is -4.06. The molecule has 1 amide bonds. The van der Waals surface area contributed by atoms with Crippen LogP contribution in [-0.4, -0.2) is 27.0 Å². The maximum Gasteiger partial charge on any atom is 0.245 e. The van der Waals surface area contributed by atoms with E-state index in [2.05, 4.69) is 5.32 Å². The van der Waals surface area contributed by atoms with Gasteiger partial charge in [0.05, 0.1) is 7.11 Å². The van der Waals surface area contributed by atoms with Gasteiger partial charge in [0.2, 0.25) is 5.91 Å². The van der Waals surface area contributed by atoms with Crippen LogP contribution in [0.4, 0.5) is 5.82 Å². The molecule has 30 heavy (non-hydrogen) atoms. The highest BCUT2D eigenvalue weighted by Crippen LogP contribution is 2.29. The third-order valence-corrected chi connectivity index (χ3v) is 5.13. The van der Waals surface area contributed by atoms with Crippen LogP contribution in [0, 0.1) is 0 Å². The van der Waals surface area contributed by atoms with Gasteiger partial charge >= 0.3 is 0 Å². The average Bonchev–Trinajstić information content (AvgIpc) is 3.35. The number of hydrogen-bond donors (Lipinski definition) is 1. The minimum atomic E-state index is -0.119. The summed E-state index contributed by atoms with van der Waals surface area (Å²) < 4.78 is 9.11. The van der Waals surface area contributed by atoms with Gasteiger partial charge in [0.25, 0.3) is 0 Å². The number of carbonyl (C=O) groups excluding carboxylic acids is 1. The number of nitrogens with zero attached hydrogens (tertiary/aromatic N) is 3. The smallest absolute Gasteiger partial charge is 0.245 e. The van der Waals surface area contributed by atoms with Gasteiger partial charge in [-0.3, -0.25) is 9.20 Å². The molecule has 5 aromatic rings. The highest BCUT2D eigenvalue weighted by molar-refractivity contribution is 5.95. The molecule has 5 rings (SSSR count). The Morgan fingerprint density at radius 1 is 1.00 bits per heavy atom. The Morgan fingerprint density at radius 3 is 2.67 bits per heavy atom. The van der Waals surface area contributed by atoms with Crippen LogP contribution in [0.1, 0.15) is 0 Å². The Labute approximate surface area is 173 Å². The highest BCUT2D eigenvalue weighted by Gasteiger charge is 2.17. The largest absolute Gasteiger partial charge is 0.497 e. The van der Waals surface area contributed by atoms with Crippen molar-refractivity contribution in [3.63, 3.8) is 0 Å². The van der Waals surface area contributed by atoms with Crippen molar-refractivity contribution in [3.8, 4) is 17.0 Å². The second-order valence-electron chi connectivity index (χ2n) is 7.02. The Morgan fingerprint density at radius 2 is 1.83 bits per heavy atom. The van der Waals surface area contributed by atoms with Crippen molar-refractivity contribution < 1.29 is 9.53 Å². The summed E-state index contributed by atoms with van der Waals surface area (Å²) in [6.07, 6.45) is 3.82. The summed E-state index contributed by atoms with van der Waals surface area (Å²) in [7, 11) is 1.64. The second kappa shape index (κ2) is 7.40. The van der Waals surface area contributed by atoms with E-state index in [1.807, 2.05) is 94.2 Å². The summed E-state index contributed by atoms with van der Waals surface area (Å²) in [4.78, 5) is 17.7. The SMILES string of the molecule is COc1ccc2c(ccn2CC(=O)Nc2c(-c3ccccc3)nc3ccccn23)c1. The van der Waals surface area contributed by atoms with E-state index in [4.69, 9.17) is 9.72 Å². The van der Waals surface area contributed by atoms with Gasteiger partial charge in [-0.1, -0.05) is 36.4 Å². The molecule has 1 N–H and O–H groups in total. The fourth-order valence-electron chi connectivity index (χ4n) is 3.68. The van der Waals surface area contributed by atoms with E-state index in [-0.39, 0.29) is 12.5 Å². The number of rotatable bonds is 5. The van der Waals surface area contributed by atoms with Crippen LogP contribution in [0.15, 0.2) is 85.2 Å². The van der Waals surface area contributed by atoms with Gasteiger partial charge in [-0.05, 0) is 36.4 Å². The quantitative estimate of drug-likeness (QED) is 0.472. The minimum Gasteiger partial charge on any atom is -0.497 e. The average molecular weight is 396 g/mol. The maximum atomic E-state index is 13.0. The molecule has 2 aromatic carbocycles. The number of aromatic nitrogens is 3. The molecule has 0 aliphatic rings. The lowest BCUT2D eigenvalue weighted by molar-refractivity contribution is -0.116. The van der Waals surface area contributed by atoms with Crippen molar-refractivity contribution in [1.82, 2.24) is 14.0 Å². The molecule has 0 aliphatic heterocycles. The molecule has 0 saturated heterocycles. The third kappa shape index (κ3) is 3.18. The first-order valence-electron chi connectivity index (χ1n) is 9.68. The van der Waals surface area contributed by atoms with Crippen molar-refractivity contribution >= 4 is 28.3 Å². The fraction of sp³-hybridized carbons (Fsp3) is 0.0833. The van der Waals surface area contributed by atoms with Gasteiger partial charge in [0.15, 0.2) is 0 Å². The van der Waals surface area contributed by atoms with Gasteiger partial charge in [-0.2, -0.15) is 0 Å². The number of carbonyl (C=O) groups is 1. The highest BCUT2D eigenvalue weighted by atomic mass is 16.5. The summed E-state index contributed by atoms with van der Waals surface area (Å²) in [5.41, 5.74) is 3.46. The molecule has 0 unspecified atom stereocenters. The number of anilines is 1. The number of benzene rings is 2. The summed E-state index contributed by atoms with van der Waals surface area (Å²) in [6, 6.07) is 23.5. The molecule has 0 aliphatic carbocycles. The molecular weight excluding hydrogens is 376 g/mol. The van der Waals surface area contributed by atoms with Crippen molar-refractivity contribution in [2.45, 2.75) is 6.54 Å². The molecule has 148 valence electrons. The van der Waals surface area contributed by atoms with Crippen LogP contribution in [0.2, 0.25) is 0 Å². The monoisotopic (exact) mass is 396 g/mol. The molecule has 0 spiro atoms. The molecule has 0 bridgehead atoms. The minimum absolute atomic E-state index is 0.119. The topological polar surface area (TPSA) is 60.6 Å². The summed E-state index contributed by atoms with van der Waals surface area (Å²) in [5, 5.41) is 4.10. The van der Waals surface area contributed by atoms with Crippen LogP contribution < -0.4 is 10.1 Å². The van der Waals surface area contributed by atoms with E-state index in [0.717, 1.165) is 33.6 Å². The zero-order chi connectivity index (χ0) is 20.5. The Bertz CT molecular complexity index is 1350. The third-order valence-electron chi connectivity index (χ3n) is 5.13. The molecule has 6 nitrogen and oxygen atoms in total. The predicted molar refractivity (Wildman–Crippen MR) is 118 cm³/mol. The van der Waals surface area contributed by atoms with Crippen molar-refractivity contribution in [1.29, 1.82) is 0 Å². The van der Waals surface area contributed by atoms with Gasteiger partial charge in [0.1, 0.15) is 29.5 Å². The van der Waals surface area contributed by atoms with Gasteiger partial charge in [-0.25, -0.2) is 4.98 Å². The summed E-state index contributed by atoms with van der Waals surface area (Å²) >= 11 is 0. The molecule has 0 atom stereocenters. The zero-order valence-corrected chi connectivity index (χ0v) is 16.4. The van der Waals surface area contributed by atoms with Crippen molar-refractivity contribution in [2.24, 2.45) is 0 Å². The predicted octanol–water partition coefficient (Wildman–Crippen LogP) is 4.60. The molecule has 3 heterocycles. The molecule has 0 radical (unpaired) electrons. The number of amides is 1. The Kier molecular flexibility index (Phi) is 4.44. The number of pyridine rings is 1. The number of ether oxygens (including phenoxy) is 1. The van der Waals surface area contributed by atoms with E-state index < -0.39 is 0 Å². The van der Waals surface area contributed by atoms with Crippen LogP contribution in [0.3, 0.4) is 0 Å². The first-order chi connectivity index (χ1) is 14.7. The van der Waals surface area contributed by atoms with Crippen molar-refractivity contribution in [3.05, 3.63) is 85.2 Å². The van der Waals surface area contributed by atoms with Crippen LogP contribution >= 0.6 is 0 Å². The molecule has 6 heteroatoms. The standard InChI is InChI=1S/C24H20N4O2/c1-30-19-10-11-20-18(15-19)12-14-27(20)16-22(29)26-24-23(17-7-3-2-4-8-17)25-21-9-5-6-13-28(21)24/h2-15H,16H2,1H3,(H,26,29). The first kappa shape index (κ1) is 18.0. The molecule has 0 fully saturated rings. The van der Waals surface area contributed by atoms with Gasteiger partial charge < -0.3 is 14.6 Å². The Balaban J connectivity index is 1.48. The normalized spacial score (nSPS) is 11.1. The zero-order valence-electron chi connectivity index (χ0n) is 16.4. The van der Waals surface area contributed by atoms with E-state index in [1.54, 1.807) is 7.11 Å². The first-order valence-corrected chi connectivity index (χ1v) is 9.68. The van der Waals surface area contributed by atoms with E-state index in [1.165, 1.54) is 0 Å². The van der Waals surface area contributed by atoms with Crippen LogP contribution in [0.25, 0.3) is 27.8 Å². The van der Waals surface area contributed by atoms with Gasteiger partial charge in [0, 0.05) is 28.9 Å². The lowest BCUT2D eigenvalue weighted by Crippen LogP contribution is -2.19. The number of methoxy groups -OCH3 is 1. The lowest BCUT2D eigenvalue weighted by atomic mass is 10.1. The van der Waals surface area contributed by atoms with Crippen molar-refractivity contribution in [2.75, 3.05) is 12.4 Å². The number of hydrogen-bond acceptors (Lipinski definition) is 3. The van der Waals surface area contributed by atoms with E-state index >= 15 is 0 Å². The van der Waals surface area contributed by atoms with Crippen LogP contribution in [-0.2, 0) is 11.3 Å².